The fourth-order valence-corrected chi connectivity index (χ4v) is 1.33. The van der Waals surface area contributed by atoms with Crippen LogP contribution in [0.2, 0.25) is 0 Å². The van der Waals surface area contributed by atoms with Crippen LogP contribution in [0.1, 0.15) is 47.0 Å². The quantitative estimate of drug-likeness (QED) is 0.608. The third-order valence-electron chi connectivity index (χ3n) is 2.26. The molecule has 0 aromatic heterocycles. The first-order valence-electron chi connectivity index (χ1n) is 6.64. The SMILES string of the molecule is CC(NC(=O)OC(C)(C)C)C(=O)NCCCCCO. The van der Waals surface area contributed by atoms with Crippen LogP contribution < -0.4 is 10.6 Å². The van der Waals surface area contributed by atoms with E-state index in [4.69, 9.17) is 9.84 Å². The van der Waals surface area contributed by atoms with Crippen molar-refractivity contribution < 1.29 is 19.4 Å². The standard InChI is InChI=1S/C13H26N2O4/c1-10(15-12(18)19-13(2,3)4)11(17)14-8-6-5-7-9-16/h10,16H,5-9H2,1-4H3,(H,14,17)(H,15,18). The number of rotatable bonds is 7. The maximum atomic E-state index is 11.6. The summed E-state index contributed by atoms with van der Waals surface area (Å²) in [6, 6.07) is -0.632. The van der Waals surface area contributed by atoms with E-state index in [2.05, 4.69) is 10.6 Å². The minimum atomic E-state index is -0.632. The molecule has 0 heterocycles. The van der Waals surface area contributed by atoms with Crippen LogP contribution in [0, 0.1) is 0 Å². The first kappa shape index (κ1) is 17.7. The van der Waals surface area contributed by atoms with Crippen LogP contribution in [-0.4, -0.2) is 41.9 Å². The molecular formula is C13H26N2O4. The van der Waals surface area contributed by atoms with Gasteiger partial charge in [-0.3, -0.25) is 4.79 Å². The number of hydrogen-bond acceptors (Lipinski definition) is 4. The fraction of sp³-hybridized carbons (Fsp3) is 0.846. The number of carbonyl (C=O) groups excluding carboxylic acids is 2. The van der Waals surface area contributed by atoms with Gasteiger partial charge < -0.3 is 20.5 Å². The number of carbonyl (C=O) groups is 2. The highest BCUT2D eigenvalue weighted by atomic mass is 16.6. The van der Waals surface area contributed by atoms with E-state index >= 15 is 0 Å². The number of aliphatic hydroxyl groups is 1. The largest absolute Gasteiger partial charge is 0.444 e. The van der Waals surface area contributed by atoms with E-state index in [1.165, 1.54) is 0 Å². The van der Waals surface area contributed by atoms with Gasteiger partial charge in [-0.15, -0.1) is 0 Å². The molecule has 0 saturated carbocycles. The average Bonchev–Trinajstić information content (AvgIpc) is 2.25. The Kier molecular flexibility index (Phi) is 8.14. The molecule has 1 unspecified atom stereocenters. The minimum absolute atomic E-state index is 0.171. The number of hydrogen-bond donors (Lipinski definition) is 3. The summed E-state index contributed by atoms with van der Waals surface area (Å²) in [5, 5.41) is 13.8. The van der Waals surface area contributed by atoms with Gasteiger partial charge in [0.1, 0.15) is 11.6 Å². The van der Waals surface area contributed by atoms with Gasteiger partial charge in [0.15, 0.2) is 0 Å². The maximum Gasteiger partial charge on any atom is 0.408 e. The smallest absolute Gasteiger partial charge is 0.408 e. The Morgan fingerprint density at radius 1 is 1.21 bits per heavy atom. The van der Waals surface area contributed by atoms with Crippen molar-refractivity contribution in [2.45, 2.75) is 58.6 Å². The van der Waals surface area contributed by atoms with Crippen LogP contribution in [0.3, 0.4) is 0 Å². The third kappa shape index (κ3) is 10.3. The molecule has 0 bridgehead atoms. The van der Waals surface area contributed by atoms with E-state index in [0.29, 0.717) is 6.54 Å². The molecule has 6 heteroatoms. The molecule has 0 aliphatic rings. The molecule has 3 N–H and O–H groups in total. The monoisotopic (exact) mass is 274 g/mol. The van der Waals surface area contributed by atoms with Crippen molar-refractivity contribution in [3.63, 3.8) is 0 Å². The van der Waals surface area contributed by atoms with E-state index in [9.17, 15) is 9.59 Å². The normalized spacial score (nSPS) is 12.7. The summed E-state index contributed by atoms with van der Waals surface area (Å²) in [6.45, 7) is 7.60. The molecule has 0 aromatic rings. The van der Waals surface area contributed by atoms with Gasteiger partial charge in [-0.2, -0.15) is 0 Å². The zero-order valence-electron chi connectivity index (χ0n) is 12.3. The Balaban J connectivity index is 3.84. The van der Waals surface area contributed by atoms with Crippen molar-refractivity contribution in [3.05, 3.63) is 0 Å². The van der Waals surface area contributed by atoms with Crippen molar-refractivity contribution in [3.8, 4) is 0 Å². The predicted octanol–water partition coefficient (Wildman–Crippen LogP) is 1.18. The number of amides is 2. The number of nitrogens with one attached hydrogen (secondary N) is 2. The van der Waals surface area contributed by atoms with Crippen LogP contribution in [0.25, 0.3) is 0 Å². The Morgan fingerprint density at radius 2 is 1.84 bits per heavy atom. The van der Waals surface area contributed by atoms with Crippen molar-refractivity contribution in [2.24, 2.45) is 0 Å². The average molecular weight is 274 g/mol. The van der Waals surface area contributed by atoms with Crippen LogP contribution >= 0.6 is 0 Å². The van der Waals surface area contributed by atoms with Gasteiger partial charge in [-0.05, 0) is 47.0 Å². The van der Waals surface area contributed by atoms with Crippen LogP contribution in [-0.2, 0) is 9.53 Å². The van der Waals surface area contributed by atoms with E-state index < -0.39 is 17.7 Å². The molecule has 2 amide bonds. The molecule has 1 atom stereocenters. The molecule has 0 fully saturated rings. The summed E-state index contributed by atoms with van der Waals surface area (Å²) in [7, 11) is 0. The Labute approximate surface area is 114 Å². The van der Waals surface area contributed by atoms with Gasteiger partial charge in [-0.25, -0.2) is 4.79 Å². The molecule has 0 aromatic carbocycles. The third-order valence-corrected chi connectivity index (χ3v) is 2.26. The van der Waals surface area contributed by atoms with Crippen molar-refractivity contribution in [2.75, 3.05) is 13.2 Å². The summed E-state index contributed by atoms with van der Waals surface area (Å²) < 4.78 is 5.06. The number of ether oxygens (including phenoxy) is 1. The second-order valence-electron chi connectivity index (χ2n) is 5.44. The zero-order chi connectivity index (χ0) is 14.9. The molecule has 112 valence electrons. The molecule has 0 aliphatic carbocycles. The second kappa shape index (κ2) is 8.74. The summed E-state index contributed by atoms with van der Waals surface area (Å²) in [4.78, 5) is 23.1. The van der Waals surface area contributed by atoms with Gasteiger partial charge in [0.2, 0.25) is 5.91 Å². The van der Waals surface area contributed by atoms with Gasteiger partial charge in [0.05, 0.1) is 0 Å². The summed E-state index contributed by atoms with van der Waals surface area (Å²) in [5.74, 6) is -0.241. The summed E-state index contributed by atoms with van der Waals surface area (Å²) in [5.41, 5.74) is -0.579. The van der Waals surface area contributed by atoms with Crippen molar-refractivity contribution >= 4 is 12.0 Å². The lowest BCUT2D eigenvalue weighted by Gasteiger charge is -2.21. The highest BCUT2D eigenvalue weighted by Crippen LogP contribution is 2.06. The summed E-state index contributed by atoms with van der Waals surface area (Å²) in [6.07, 6.45) is 1.81. The Hall–Kier alpha value is -1.30. The number of alkyl carbamates (subject to hydrolysis) is 1. The summed E-state index contributed by atoms with van der Waals surface area (Å²) >= 11 is 0. The van der Waals surface area contributed by atoms with Crippen molar-refractivity contribution in [1.82, 2.24) is 10.6 Å². The topological polar surface area (TPSA) is 87.7 Å². The first-order chi connectivity index (χ1) is 8.76. The second-order valence-corrected chi connectivity index (χ2v) is 5.44. The molecule has 0 saturated heterocycles. The van der Waals surface area contributed by atoms with Crippen LogP contribution in [0.5, 0.6) is 0 Å². The highest BCUT2D eigenvalue weighted by molar-refractivity contribution is 5.85. The van der Waals surface area contributed by atoms with E-state index in [1.54, 1.807) is 27.7 Å². The van der Waals surface area contributed by atoms with E-state index in [1.807, 2.05) is 0 Å². The van der Waals surface area contributed by atoms with Crippen LogP contribution in [0.4, 0.5) is 4.79 Å². The molecule has 0 radical (unpaired) electrons. The Bertz CT molecular complexity index is 287. The molecule has 0 spiro atoms. The van der Waals surface area contributed by atoms with Crippen molar-refractivity contribution in [1.29, 1.82) is 0 Å². The molecule has 19 heavy (non-hydrogen) atoms. The molecule has 0 aliphatic heterocycles. The number of unbranched alkanes of at least 4 members (excludes halogenated alkanes) is 2. The number of aliphatic hydroxyl groups excluding tert-OH is 1. The lowest BCUT2D eigenvalue weighted by atomic mass is 10.2. The van der Waals surface area contributed by atoms with E-state index in [-0.39, 0.29) is 12.5 Å². The van der Waals surface area contributed by atoms with Gasteiger partial charge >= 0.3 is 6.09 Å². The van der Waals surface area contributed by atoms with Gasteiger partial charge in [-0.1, -0.05) is 0 Å². The lowest BCUT2D eigenvalue weighted by Crippen LogP contribution is -2.46. The molecular weight excluding hydrogens is 248 g/mol. The van der Waals surface area contributed by atoms with Crippen LogP contribution in [0.15, 0.2) is 0 Å². The minimum Gasteiger partial charge on any atom is -0.444 e. The maximum absolute atomic E-state index is 11.6. The zero-order valence-corrected chi connectivity index (χ0v) is 12.3. The lowest BCUT2D eigenvalue weighted by molar-refractivity contribution is -0.122. The van der Waals surface area contributed by atoms with Gasteiger partial charge in [0.25, 0.3) is 0 Å². The van der Waals surface area contributed by atoms with E-state index in [0.717, 1.165) is 19.3 Å². The highest BCUT2D eigenvalue weighted by Gasteiger charge is 2.20. The molecule has 0 rings (SSSR count). The first-order valence-corrected chi connectivity index (χ1v) is 6.64. The van der Waals surface area contributed by atoms with Gasteiger partial charge in [0, 0.05) is 13.2 Å². The molecule has 6 nitrogen and oxygen atoms in total. The fourth-order valence-electron chi connectivity index (χ4n) is 1.33. The predicted molar refractivity (Wildman–Crippen MR) is 72.8 cm³/mol. The Morgan fingerprint density at radius 3 is 2.37 bits per heavy atom.